The van der Waals surface area contributed by atoms with Gasteiger partial charge in [0.1, 0.15) is 6.61 Å². The van der Waals surface area contributed by atoms with Crippen molar-refractivity contribution in [2.24, 2.45) is 0 Å². The molecular formula is C18H17NO2. The van der Waals surface area contributed by atoms with Crippen LogP contribution in [0.3, 0.4) is 0 Å². The first-order valence-corrected chi connectivity index (χ1v) is 6.99. The highest BCUT2D eigenvalue weighted by Gasteiger charge is 2.09. The Morgan fingerprint density at radius 1 is 1.10 bits per heavy atom. The minimum Gasteiger partial charge on any atom is -0.461 e. The lowest BCUT2D eigenvalue weighted by Crippen LogP contribution is -2.08. The lowest BCUT2D eigenvalue weighted by molar-refractivity contribution is -0.144. The van der Waals surface area contributed by atoms with Gasteiger partial charge in [-0.3, -0.25) is 4.79 Å². The number of H-pyrrole nitrogens is 1. The molecule has 0 aliphatic carbocycles. The van der Waals surface area contributed by atoms with E-state index in [0.29, 0.717) is 13.0 Å². The predicted molar refractivity (Wildman–Crippen MR) is 83.0 cm³/mol. The fraction of sp³-hybridized carbons (Fsp3) is 0.167. The van der Waals surface area contributed by atoms with Crippen LogP contribution in [0.15, 0.2) is 54.6 Å². The van der Waals surface area contributed by atoms with Gasteiger partial charge in [0.25, 0.3) is 0 Å². The van der Waals surface area contributed by atoms with Crippen molar-refractivity contribution in [3.05, 3.63) is 71.4 Å². The summed E-state index contributed by atoms with van der Waals surface area (Å²) >= 11 is 0. The molecule has 3 nitrogen and oxygen atoms in total. The van der Waals surface area contributed by atoms with E-state index in [4.69, 9.17) is 4.74 Å². The van der Waals surface area contributed by atoms with Crippen molar-refractivity contribution in [3.63, 3.8) is 0 Å². The van der Waals surface area contributed by atoms with Gasteiger partial charge in [0, 0.05) is 16.6 Å². The van der Waals surface area contributed by atoms with Crippen molar-refractivity contribution in [3.8, 4) is 0 Å². The number of aryl methyl sites for hydroxylation is 1. The molecule has 3 rings (SSSR count). The molecule has 21 heavy (non-hydrogen) atoms. The Bertz CT molecular complexity index is 759. The first kappa shape index (κ1) is 13.4. The van der Waals surface area contributed by atoms with Crippen LogP contribution in [0.5, 0.6) is 0 Å². The molecule has 1 aromatic heterocycles. The minimum absolute atomic E-state index is 0.204. The van der Waals surface area contributed by atoms with Gasteiger partial charge in [0.05, 0.1) is 6.42 Å². The van der Waals surface area contributed by atoms with E-state index in [0.717, 1.165) is 27.7 Å². The second-order valence-corrected chi connectivity index (χ2v) is 5.15. The van der Waals surface area contributed by atoms with Crippen LogP contribution < -0.4 is 0 Å². The Balaban J connectivity index is 1.69. The highest BCUT2D eigenvalue weighted by molar-refractivity contribution is 5.87. The zero-order valence-electron chi connectivity index (χ0n) is 11.9. The lowest BCUT2D eigenvalue weighted by Gasteiger charge is -2.06. The molecule has 1 heterocycles. The van der Waals surface area contributed by atoms with Gasteiger partial charge in [0.2, 0.25) is 0 Å². The molecule has 0 atom stereocenters. The Labute approximate surface area is 123 Å². The van der Waals surface area contributed by atoms with Crippen LogP contribution in [0, 0.1) is 6.92 Å². The molecule has 3 heteroatoms. The molecule has 2 aromatic carbocycles. The highest BCUT2D eigenvalue weighted by atomic mass is 16.5. The summed E-state index contributed by atoms with van der Waals surface area (Å²) in [5.41, 5.74) is 4.15. The number of hydrogen-bond acceptors (Lipinski definition) is 2. The molecule has 0 unspecified atom stereocenters. The summed E-state index contributed by atoms with van der Waals surface area (Å²) in [4.78, 5) is 15.3. The van der Waals surface area contributed by atoms with Gasteiger partial charge >= 0.3 is 5.97 Å². The zero-order valence-corrected chi connectivity index (χ0v) is 11.9. The van der Waals surface area contributed by atoms with E-state index in [1.807, 2.05) is 55.5 Å². The van der Waals surface area contributed by atoms with Crippen molar-refractivity contribution in [2.45, 2.75) is 20.0 Å². The van der Waals surface area contributed by atoms with Gasteiger partial charge in [-0.1, -0.05) is 42.5 Å². The normalized spacial score (nSPS) is 10.7. The van der Waals surface area contributed by atoms with Crippen LogP contribution in [-0.4, -0.2) is 11.0 Å². The van der Waals surface area contributed by atoms with Crippen molar-refractivity contribution >= 4 is 16.9 Å². The fourth-order valence-electron chi connectivity index (χ4n) is 2.46. The number of benzene rings is 2. The standard InChI is InChI=1S/C18H17NO2/c1-13-10-16-15(8-5-9-17(16)19-13)11-18(20)21-12-14-6-3-2-4-7-14/h2-10,19H,11-12H2,1H3. The summed E-state index contributed by atoms with van der Waals surface area (Å²) in [6.45, 7) is 2.33. The van der Waals surface area contributed by atoms with Gasteiger partial charge in [-0.25, -0.2) is 0 Å². The molecule has 1 N–H and O–H groups in total. The van der Waals surface area contributed by atoms with Gasteiger partial charge in [0.15, 0.2) is 0 Å². The van der Waals surface area contributed by atoms with Crippen LogP contribution in [0.1, 0.15) is 16.8 Å². The van der Waals surface area contributed by atoms with Crippen molar-refractivity contribution in [1.29, 1.82) is 0 Å². The smallest absolute Gasteiger partial charge is 0.310 e. The summed E-state index contributed by atoms with van der Waals surface area (Å²) in [6.07, 6.45) is 0.293. The molecule has 0 spiro atoms. The Morgan fingerprint density at radius 2 is 1.90 bits per heavy atom. The first-order valence-electron chi connectivity index (χ1n) is 6.99. The molecule has 106 valence electrons. The third-order valence-corrected chi connectivity index (χ3v) is 3.47. The van der Waals surface area contributed by atoms with Gasteiger partial charge in [-0.15, -0.1) is 0 Å². The number of aromatic nitrogens is 1. The van der Waals surface area contributed by atoms with Crippen molar-refractivity contribution < 1.29 is 9.53 Å². The lowest BCUT2D eigenvalue weighted by atomic mass is 10.1. The Morgan fingerprint density at radius 3 is 2.71 bits per heavy atom. The largest absolute Gasteiger partial charge is 0.461 e. The zero-order chi connectivity index (χ0) is 14.7. The maximum Gasteiger partial charge on any atom is 0.310 e. The van der Waals surface area contributed by atoms with E-state index in [1.165, 1.54) is 0 Å². The van der Waals surface area contributed by atoms with Crippen LogP contribution in [0.4, 0.5) is 0 Å². The van der Waals surface area contributed by atoms with Crippen LogP contribution >= 0.6 is 0 Å². The summed E-state index contributed by atoms with van der Waals surface area (Å²) in [7, 11) is 0. The maximum absolute atomic E-state index is 12.0. The number of rotatable bonds is 4. The minimum atomic E-state index is -0.204. The average molecular weight is 279 g/mol. The number of esters is 1. The maximum atomic E-state index is 12.0. The molecule has 0 radical (unpaired) electrons. The molecule has 0 aliphatic heterocycles. The number of carbonyl (C=O) groups is 1. The molecule has 3 aromatic rings. The third-order valence-electron chi connectivity index (χ3n) is 3.47. The molecule has 0 bridgehead atoms. The van der Waals surface area contributed by atoms with E-state index in [1.54, 1.807) is 0 Å². The molecule has 0 saturated heterocycles. The third kappa shape index (κ3) is 3.14. The number of aromatic amines is 1. The highest BCUT2D eigenvalue weighted by Crippen LogP contribution is 2.20. The molecule has 0 saturated carbocycles. The van der Waals surface area contributed by atoms with Crippen LogP contribution in [-0.2, 0) is 22.6 Å². The van der Waals surface area contributed by atoms with Gasteiger partial charge < -0.3 is 9.72 Å². The number of ether oxygens (including phenoxy) is 1. The second kappa shape index (κ2) is 5.83. The first-order chi connectivity index (χ1) is 10.2. The van der Waals surface area contributed by atoms with Gasteiger partial charge in [-0.05, 0) is 30.2 Å². The summed E-state index contributed by atoms with van der Waals surface area (Å²) < 4.78 is 5.34. The summed E-state index contributed by atoms with van der Waals surface area (Å²) in [5, 5.41) is 1.09. The number of fused-ring (bicyclic) bond motifs is 1. The number of carbonyl (C=O) groups excluding carboxylic acids is 1. The van der Waals surface area contributed by atoms with E-state index in [-0.39, 0.29) is 5.97 Å². The van der Waals surface area contributed by atoms with Crippen LogP contribution in [0.25, 0.3) is 10.9 Å². The van der Waals surface area contributed by atoms with E-state index >= 15 is 0 Å². The van der Waals surface area contributed by atoms with E-state index in [2.05, 4.69) is 11.1 Å². The summed E-state index contributed by atoms with van der Waals surface area (Å²) in [6, 6.07) is 17.7. The van der Waals surface area contributed by atoms with E-state index < -0.39 is 0 Å². The average Bonchev–Trinajstić information content (AvgIpc) is 2.88. The monoisotopic (exact) mass is 279 g/mol. The van der Waals surface area contributed by atoms with Gasteiger partial charge in [-0.2, -0.15) is 0 Å². The Hall–Kier alpha value is -2.55. The molecule has 0 fully saturated rings. The van der Waals surface area contributed by atoms with Crippen molar-refractivity contribution in [2.75, 3.05) is 0 Å². The quantitative estimate of drug-likeness (QED) is 0.739. The van der Waals surface area contributed by atoms with Crippen molar-refractivity contribution in [1.82, 2.24) is 4.98 Å². The predicted octanol–water partition coefficient (Wildman–Crippen LogP) is 3.76. The van der Waals surface area contributed by atoms with Crippen LogP contribution in [0.2, 0.25) is 0 Å². The number of nitrogens with one attached hydrogen (secondary N) is 1. The molecule has 0 amide bonds. The Kier molecular flexibility index (Phi) is 3.73. The van der Waals surface area contributed by atoms with E-state index in [9.17, 15) is 4.79 Å². The SMILES string of the molecule is Cc1cc2c(CC(=O)OCc3ccccc3)cccc2[nH]1. The topological polar surface area (TPSA) is 42.1 Å². The number of hydrogen-bond donors (Lipinski definition) is 1. The molecular weight excluding hydrogens is 262 g/mol. The summed E-state index contributed by atoms with van der Waals surface area (Å²) in [5.74, 6) is -0.204. The fourth-order valence-corrected chi connectivity index (χ4v) is 2.46. The second-order valence-electron chi connectivity index (χ2n) is 5.15. The molecule has 0 aliphatic rings.